The average molecular weight is 633 g/mol. The van der Waals surface area contributed by atoms with Gasteiger partial charge in [-0.2, -0.15) is 0 Å². The quantitative estimate of drug-likeness (QED) is 0.251. The molecule has 3 unspecified atom stereocenters. The van der Waals surface area contributed by atoms with Crippen LogP contribution in [-0.2, 0) is 25.4 Å². The first-order chi connectivity index (χ1) is 20.3. The van der Waals surface area contributed by atoms with Gasteiger partial charge in [-0.1, -0.05) is 6.92 Å². The summed E-state index contributed by atoms with van der Waals surface area (Å²) >= 11 is 1.20. The molecule has 3 aliphatic rings. The number of nitrogens with zero attached hydrogens (tertiary/aromatic N) is 1. The van der Waals surface area contributed by atoms with Gasteiger partial charge in [0.15, 0.2) is 5.13 Å². The molecule has 1 amide bonds. The minimum atomic E-state index is -4.79. The van der Waals surface area contributed by atoms with E-state index in [4.69, 9.17) is 14.2 Å². The lowest BCUT2D eigenvalue weighted by atomic mass is 9.74. The Kier molecular flexibility index (Phi) is 9.21. The Morgan fingerprint density at radius 2 is 1.91 bits per heavy atom. The number of benzene rings is 1. The van der Waals surface area contributed by atoms with Crippen LogP contribution in [0, 0.1) is 5.92 Å². The van der Waals surface area contributed by atoms with Gasteiger partial charge in [-0.3, -0.25) is 4.79 Å². The van der Waals surface area contributed by atoms with Crippen molar-refractivity contribution in [3.63, 3.8) is 0 Å². The van der Waals surface area contributed by atoms with Crippen LogP contribution in [0.4, 0.5) is 24.0 Å². The molecule has 2 aliphatic heterocycles. The summed E-state index contributed by atoms with van der Waals surface area (Å²) in [6.07, 6.45) is -9.80. The lowest BCUT2D eigenvalue weighted by Gasteiger charge is -2.58. The van der Waals surface area contributed by atoms with Crippen LogP contribution < -0.4 is 20.7 Å². The Hall–Kier alpha value is -2.57. The second-order valence-electron chi connectivity index (χ2n) is 11.0. The number of aromatic nitrogens is 1. The number of rotatable bonds is 8. The molecule has 2 saturated heterocycles. The van der Waals surface area contributed by atoms with E-state index in [-0.39, 0.29) is 18.6 Å². The number of aliphatic hydroxyl groups excluding tert-OH is 2. The molecule has 1 aromatic heterocycles. The highest BCUT2D eigenvalue weighted by Gasteiger charge is 2.63. The summed E-state index contributed by atoms with van der Waals surface area (Å²) in [5.74, 6) is -3.40. The summed E-state index contributed by atoms with van der Waals surface area (Å²) in [5.41, 5.74) is 0.895. The third kappa shape index (κ3) is 6.76. The number of halogens is 3. The molecule has 1 aromatic carbocycles. The van der Waals surface area contributed by atoms with E-state index in [9.17, 15) is 33.3 Å². The SMILES string of the molecule is CC[C@@H]1[C@H](O)[C@H](NC)C2O[C@]3(O)C(OC2[C@@H]1O)O[C@H](C)C[C@H]3NC(=O)Cc1csc(Nc2ccc(OC(F)(F)F)cc2)n1. The van der Waals surface area contributed by atoms with E-state index in [0.29, 0.717) is 22.9 Å². The van der Waals surface area contributed by atoms with Gasteiger partial charge in [0.1, 0.15) is 18.0 Å². The first kappa shape index (κ1) is 31.8. The lowest BCUT2D eigenvalue weighted by molar-refractivity contribution is -0.450. The average Bonchev–Trinajstić information content (AvgIpc) is 3.36. The van der Waals surface area contributed by atoms with Gasteiger partial charge < -0.3 is 50.2 Å². The summed E-state index contributed by atoms with van der Waals surface area (Å²) < 4.78 is 59.1. The number of hydrogen-bond donors (Lipinski definition) is 6. The van der Waals surface area contributed by atoms with Crippen molar-refractivity contribution in [2.75, 3.05) is 12.4 Å². The first-order valence-electron chi connectivity index (χ1n) is 13.9. The standard InChI is InChI=1S/C27H35F3N4O8S/c1-4-16-20(36)19(31-3)22-23(21(16)37)40-24-26(38,42-22)17(9-12(2)39-24)34-18(35)10-14-11-43-25(33-14)32-13-5-7-15(8-6-13)41-27(28,29)30/h5-8,11-12,16-17,19-24,31,36-38H,4,9-10H2,1-3H3,(H,32,33)(H,34,35)/t12-,16-,17-,19+,20+,21-,22?,23?,24?,26+/m1/s1. The fourth-order valence-electron chi connectivity index (χ4n) is 5.96. The molecule has 0 radical (unpaired) electrons. The van der Waals surface area contributed by atoms with Gasteiger partial charge in [0, 0.05) is 17.0 Å². The molecule has 2 aromatic rings. The second-order valence-corrected chi connectivity index (χ2v) is 11.8. The zero-order valence-corrected chi connectivity index (χ0v) is 24.4. The fraction of sp³-hybridized carbons (Fsp3) is 0.630. The van der Waals surface area contributed by atoms with Crippen LogP contribution >= 0.6 is 11.3 Å². The number of ether oxygens (including phenoxy) is 4. The number of alkyl halides is 3. The maximum absolute atomic E-state index is 13.1. The number of hydrogen-bond acceptors (Lipinski definition) is 12. The van der Waals surface area contributed by atoms with E-state index < -0.39 is 72.9 Å². The summed E-state index contributed by atoms with van der Waals surface area (Å²) in [4.78, 5) is 17.5. The molecule has 1 saturated carbocycles. The smallest absolute Gasteiger partial charge is 0.406 e. The lowest BCUT2D eigenvalue weighted by Crippen LogP contribution is -2.77. The predicted molar refractivity (Wildman–Crippen MR) is 146 cm³/mol. The number of carbonyl (C=O) groups is 1. The number of anilines is 2. The van der Waals surface area contributed by atoms with Crippen molar-refractivity contribution in [3.05, 3.63) is 35.3 Å². The Morgan fingerprint density at radius 1 is 1.19 bits per heavy atom. The van der Waals surface area contributed by atoms with Gasteiger partial charge in [0.2, 0.25) is 18.0 Å². The molecular formula is C27H35F3N4O8S. The molecule has 12 nitrogen and oxygen atoms in total. The van der Waals surface area contributed by atoms with Crippen LogP contribution in [0.3, 0.4) is 0 Å². The second kappa shape index (κ2) is 12.4. The van der Waals surface area contributed by atoms with Gasteiger partial charge in [0.05, 0.1) is 42.5 Å². The van der Waals surface area contributed by atoms with Crippen LogP contribution in [0.2, 0.25) is 0 Å². The van der Waals surface area contributed by atoms with Gasteiger partial charge in [-0.15, -0.1) is 24.5 Å². The predicted octanol–water partition coefficient (Wildman–Crippen LogP) is 1.77. The first-order valence-corrected chi connectivity index (χ1v) is 14.8. The molecule has 3 fully saturated rings. The number of amides is 1. The monoisotopic (exact) mass is 632 g/mol. The number of aliphatic hydroxyl groups is 3. The Labute approximate surface area is 249 Å². The van der Waals surface area contributed by atoms with Crippen molar-refractivity contribution in [1.29, 1.82) is 0 Å². The molecule has 3 heterocycles. The largest absolute Gasteiger partial charge is 0.573 e. The van der Waals surface area contributed by atoms with Gasteiger partial charge in [-0.25, -0.2) is 4.98 Å². The third-order valence-corrected chi connectivity index (χ3v) is 8.80. The molecule has 0 spiro atoms. The van der Waals surface area contributed by atoms with Gasteiger partial charge in [-0.05, 0) is 51.1 Å². The van der Waals surface area contributed by atoms with Crippen LogP contribution in [-0.4, -0.2) is 94.3 Å². The molecule has 16 heteroatoms. The number of nitrogens with one attached hydrogen (secondary N) is 3. The summed E-state index contributed by atoms with van der Waals surface area (Å²) in [6, 6.07) is 3.53. The van der Waals surface area contributed by atoms with Crippen molar-refractivity contribution in [1.82, 2.24) is 15.6 Å². The van der Waals surface area contributed by atoms with Crippen molar-refractivity contribution >= 4 is 28.1 Å². The zero-order chi connectivity index (χ0) is 31.1. The molecular weight excluding hydrogens is 597 g/mol. The molecule has 10 atom stereocenters. The van der Waals surface area contributed by atoms with E-state index >= 15 is 0 Å². The van der Waals surface area contributed by atoms with Crippen LogP contribution in [0.15, 0.2) is 29.6 Å². The third-order valence-electron chi connectivity index (χ3n) is 8.00. The van der Waals surface area contributed by atoms with E-state index in [1.165, 1.54) is 35.6 Å². The van der Waals surface area contributed by atoms with Crippen LogP contribution in [0.5, 0.6) is 5.75 Å². The van der Waals surface area contributed by atoms with Crippen LogP contribution in [0.1, 0.15) is 32.4 Å². The molecule has 6 N–H and O–H groups in total. The van der Waals surface area contributed by atoms with Crippen molar-refractivity contribution in [2.24, 2.45) is 5.92 Å². The highest BCUT2D eigenvalue weighted by atomic mass is 32.1. The molecule has 238 valence electrons. The van der Waals surface area contributed by atoms with Crippen LogP contribution in [0.25, 0.3) is 0 Å². The maximum Gasteiger partial charge on any atom is 0.573 e. The maximum atomic E-state index is 13.1. The Balaban J connectivity index is 1.23. The molecule has 43 heavy (non-hydrogen) atoms. The van der Waals surface area contributed by atoms with Crippen molar-refractivity contribution in [3.8, 4) is 5.75 Å². The number of fused-ring (bicyclic) bond motifs is 2. The topological polar surface area (TPSA) is 164 Å². The fourth-order valence-corrected chi connectivity index (χ4v) is 6.69. The summed E-state index contributed by atoms with van der Waals surface area (Å²) in [5, 5.41) is 44.4. The minimum absolute atomic E-state index is 0.134. The summed E-state index contributed by atoms with van der Waals surface area (Å²) in [7, 11) is 1.64. The number of thiazole rings is 1. The summed E-state index contributed by atoms with van der Waals surface area (Å²) in [6.45, 7) is 3.62. The van der Waals surface area contributed by atoms with E-state index in [2.05, 4.69) is 25.7 Å². The zero-order valence-electron chi connectivity index (χ0n) is 23.6. The van der Waals surface area contributed by atoms with Gasteiger partial charge in [0.25, 0.3) is 0 Å². The molecule has 1 aliphatic carbocycles. The number of carbonyl (C=O) groups excluding carboxylic acids is 1. The highest BCUT2D eigenvalue weighted by molar-refractivity contribution is 7.13. The normalized spacial score (nSPS) is 35.9. The minimum Gasteiger partial charge on any atom is -0.406 e. The number of likely N-dealkylation sites (N-methyl/N-ethyl adjacent to an activating group) is 1. The van der Waals surface area contributed by atoms with E-state index in [0.717, 1.165) is 0 Å². The highest BCUT2D eigenvalue weighted by Crippen LogP contribution is 2.43. The van der Waals surface area contributed by atoms with Crippen molar-refractivity contribution < 1.29 is 52.2 Å². The molecule has 0 bridgehead atoms. The Morgan fingerprint density at radius 3 is 2.56 bits per heavy atom. The van der Waals surface area contributed by atoms with E-state index in [1.807, 2.05) is 6.92 Å². The van der Waals surface area contributed by atoms with E-state index in [1.54, 1.807) is 19.4 Å². The Bertz CT molecular complexity index is 1270. The van der Waals surface area contributed by atoms with Crippen molar-refractivity contribution in [2.45, 2.75) is 94.2 Å². The molecule has 5 rings (SSSR count). The van der Waals surface area contributed by atoms with Gasteiger partial charge >= 0.3 is 6.36 Å².